The Labute approximate surface area is 108 Å². The van der Waals surface area contributed by atoms with E-state index in [1.165, 1.54) is 4.57 Å². The number of ether oxygens (including phenoxy) is 1. The highest BCUT2D eigenvalue weighted by atomic mass is 32.1. The van der Waals surface area contributed by atoms with Gasteiger partial charge >= 0.3 is 11.7 Å². The SMILES string of the molecule is CC1Oc2nc(=S)[nH]c(=O)n2C1c1ccccc1. The molecule has 0 radical (unpaired) electrons. The van der Waals surface area contributed by atoms with Crippen molar-refractivity contribution in [2.24, 2.45) is 0 Å². The molecule has 0 aliphatic carbocycles. The second kappa shape index (κ2) is 4.06. The molecule has 2 aromatic rings. The summed E-state index contributed by atoms with van der Waals surface area (Å²) in [5.41, 5.74) is 0.723. The van der Waals surface area contributed by atoms with Crippen LogP contribution in [0.15, 0.2) is 35.1 Å². The normalized spacial score (nSPS) is 21.4. The number of aromatic nitrogens is 3. The standard InChI is InChI=1S/C12H11N3O2S/c1-7-9(8-5-3-2-4-6-8)15-11(16)13-10(18)14-12(15)17-7/h2-7,9H,1H3,(H,13,16,18). The summed E-state index contributed by atoms with van der Waals surface area (Å²) >= 11 is 4.87. The molecule has 0 saturated heterocycles. The largest absolute Gasteiger partial charge is 0.459 e. The number of fused-ring (bicyclic) bond motifs is 1. The number of H-pyrrole nitrogens is 1. The van der Waals surface area contributed by atoms with Crippen LogP contribution >= 0.6 is 12.2 Å². The molecule has 1 N–H and O–H groups in total. The van der Waals surface area contributed by atoms with Crippen molar-refractivity contribution in [1.82, 2.24) is 14.5 Å². The third-order valence-corrected chi connectivity index (χ3v) is 3.18. The maximum atomic E-state index is 12.0. The van der Waals surface area contributed by atoms with Gasteiger partial charge in [-0.2, -0.15) is 4.98 Å². The van der Waals surface area contributed by atoms with E-state index in [-0.39, 0.29) is 28.6 Å². The number of hydrogen-bond acceptors (Lipinski definition) is 4. The first kappa shape index (κ1) is 11.2. The van der Waals surface area contributed by atoms with Crippen LogP contribution < -0.4 is 10.4 Å². The van der Waals surface area contributed by atoms with Gasteiger partial charge in [-0.25, -0.2) is 9.36 Å². The van der Waals surface area contributed by atoms with Crippen LogP contribution in [0.25, 0.3) is 0 Å². The van der Waals surface area contributed by atoms with E-state index >= 15 is 0 Å². The molecule has 3 rings (SSSR count). The molecule has 2 atom stereocenters. The molecule has 2 heterocycles. The highest BCUT2D eigenvalue weighted by Gasteiger charge is 2.34. The summed E-state index contributed by atoms with van der Waals surface area (Å²) in [5, 5.41) is 0. The number of nitrogens with zero attached hydrogens (tertiary/aromatic N) is 2. The molecule has 1 aliphatic heterocycles. The second-order valence-electron chi connectivity index (χ2n) is 4.18. The van der Waals surface area contributed by atoms with E-state index in [1.54, 1.807) is 0 Å². The smallest absolute Gasteiger partial charge is 0.332 e. The Morgan fingerprint density at radius 3 is 2.83 bits per heavy atom. The summed E-state index contributed by atoms with van der Waals surface area (Å²) in [6.07, 6.45) is -0.155. The van der Waals surface area contributed by atoms with E-state index in [0.717, 1.165) is 5.56 Å². The molecule has 18 heavy (non-hydrogen) atoms. The van der Waals surface area contributed by atoms with Crippen LogP contribution in [0.2, 0.25) is 0 Å². The van der Waals surface area contributed by atoms with Crippen LogP contribution in [0.5, 0.6) is 6.01 Å². The highest BCUT2D eigenvalue weighted by Crippen LogP contribution is 2.31. The number of benzene rings is 1. The molecule has 0 fully saturated rings. The molecule has 2 unspecified atom stereocenters. The molecular weight excluding hydrogens is 250 g/mol. The number of nitrogens with one attached hydrogen (secondary N) is 1. The topological polar surface area (TPSA) is 59.9 Å². The van der Waals surface area contributed by atoms with Crippen LogP contribution in [-0.2, 0) is 0 Å². The van der Waals surface area contributed by atoms with Gasteiger partial charge in [-0.05, 0) is 24.7 Å². The summed E-state index contributed by atoms with van der Waals surface area (Å²) in [5.74, 6) is 0. The zero-order chi connectivity index (χ0) is 12.7. The summed E-state index contributed by atoms with van der Waals surface area (Å²) < 4.78 is 7.26. The lowest BCUT2D eigenvalue weighted by atomic mass is 10.0. The zero-order valence-corrected chi connectivity index (χ0v) is 10.5. The van der Waals surface area contributed by atoms with E-state index in [1.807, 2.05) is 37.3 Å². The van der Waals surface area contributed by atoms with Crippen molar-refractivity contribution in [2.75, 3.05) is 0 Å². The Bertz CT molecular complexity index is 692. The van der Waals surface area contributed by atoms with Gasteiger partial charge in [0, 0.05) is 0 Å². The van der Waals surface area contributed by atoms with Gasteiger partial charge < -0.3 is 4.74 Å². The molecule has 0 saturated carbocycles. The van der Waals surface area contributed by atoms with E-state index < -0.39 is 0 Å². The highest BCUT2D eigenvalue weighted by molar-refractivity contribution is 7.71. The fourth-order valence-corrected chi connectivity index (χ4v) is 2.41. The van der Waals surface area contributed by atoms with Gasteiger partial charge in [0.2, 0.25) is 4.77 Å². The van der Waals surface area contributed by atoms with Crippen molar-refractivity contribution >= 4 is 12.2 Å². The minimum atomic E-state index is -0.289. The van der Waals surface area contributed by atoms with Gasteiger partial charge in [0.15, 0.2) is 0 Å². The van der Waals surface area contributed by atoms with E-state index in [9.17, 15) is 4.79 Å². The van der Waals surface area contributed by atoms with Crippen molar-refractivity contribution < 1.29 is 4.74 Å². The van der Waals surface area contributed by atoms with Crippen molar-refractivity contribution in [1.29, 1.82) is 0 Å². The van der Waals surface area contributed by atoms with Crippen molar-refractivity contribution in [2.45, 2.75) is 19.1 Å². The fourth-order valence-electron chi connectivity index (χ4n) is 2.25. The first-order chi connectivity index (χ1) is 8.66. The van der Waals surface area contributed by atoms with Crippen LogP contribution in [-0.4, -0.2) is 20.6 Å². The summed E-state index contributed by atoms with van der Waals surface area (Å²) in [6.45, 7) is 1.91. The maximum absolute atomic E-state index is 12.0. The van der Waals surface area contributed by atoms with Crippen LogP contribution in [0, 0.1) is 4.77 Å². The summed E-state index contributed by atoms with van der Waals surface area (Å²) in [6, 6.07) is 9.84. The third-order valence-electron chi connectivity index (χ3n) is 2.99. The van der Waals surface area contributed by atoms with Gasteiger partial charge in [-0.3, -0.25) is 4.98 Å². The second-order valence-corrected chi connectivity index (χ2v) is 4.56. The van der Waals surface area contributed by atoms with E-state index in [2.05, 4.69) is 9.97 Å². The predicted octanol–water partition coefficient (Wildman–Crippen LogP) is 1.67. The van der Waals surface area contributed by atoms with Gasteiger partial charge in [-0.15, -0.1) is 0 Å². The summed E-state index contributed by atoms with van der Waals surface area (Å²) in [7, 11) is 0. The molecule has 1 aliphatic rings. The van der Waals surface area contributed by atoms with Gasteiger partial charge in [-0.1, -0.05) is 30.3 Å². The zero-order valence-electron chi connectivity index (χ0n) is 9.66. The molecule has 92 valence electrons. The molecule has 0 amide bonds. The lowest BCUT2D eigenvalue weighted by Gasteiger charge is -2.15. The maximum Gasteiger partial charge on any atom is 0.332 e. The van der Waals surface area contributed by atoms with Crippen molar-refractivity contribution in [3.8, 4) is 6.01 Å². The molecular formula is C12H11N3O2S. The number of rotatable bonds is 1. The fraction of sp³-hybridized carbons (Fsp3) is 0.250. The van der Waals surface area contributed by atoms with Gasteiger partial charge in [0.25, 0.3) is 0 Å². The monoisotopic (exact) mass is 261 g/mol. The molecule has 1 aromatic heterocycles. The van der Waals surface area contributed by atoms with E-state index in [4.69, 9.17) is 17.0 Å². The Kier molecular flexibility index (Phi) is 2.52. The first-order valence-electron chi connectivity index (χ1n) is 5.61. The van der Waals surface area contributed by atoms with Crippen molar-refractivity contribution in [3.05, 3.63) is 51.2 Å². The van der Waals surface area contributed by atoms with Crippen LogP contribution in [0.4, 0.5) is 0 Å². The molecule has 0 bridgehead atoms. The quantitative estimate of drug-likeness (QED) is 0.793. The van der Waals surface area contributed by atoms with Crippen LogP contribution in [0.3, 0.4) is 0 Å². The Hall–Kier alpha value is -1.95. The van der Waals surface area contributed by atoms with Gasteiger partial charge in [0.1, 0.15) is 12.1 Å². The molecule has 6 heteroatoms. The average Bonchev–Trinajstić information content (AvgIpc) is 2.66. The summed E-state index contributed by atoms with van der Waals surface area (Å²) in [4.78, 5) is 18.5. The minimum Gasteiger partial charge on any atom is -0.459 e. The average molecular weight is 261 g/mol. The van der Waals surface area contributed by atoms with Gasteiger partial charge in [0.05, 0.1) is 0 Å². The van der Waals surface area contributed by atoms with Crippen molar-refractivity contribution in [3.63, 3.8) is 0 Å². The predicted molar refractivity (Wildman–Crippen MR) is 68.4 cm³/mol. The number of hydrogen-bond donors (Lipinski definition) is 1. The number of aromatic amines is 1. The molecule has 0 spiro atoms. The third kappa shape index (κ3) is 1.65. The van der Waals surface area contributed by atoms with Crippen LogP contribution in [0.1, 0.15) is 18.5 Å². The minimum absolute atomic E-state index is 0.146. The lowest BCUT2D eigenvalue weighted by Crippen LogP contribution is -2.28. The Morgan fingerprint density at radius 1 is 1.39 bits per heavy atom. The van der Waals surface area contributed by atoms with E-state index in [0.29, 0.717) is 0 Å². The molecule has 1 aromatic carbocycles. The lowest BCUT2D eigenvalue weighted by molar-refractivity contribution is 0.229. The Balaban J connectivity index is 2.21. The Morgan fingerprint density at radius 2 is 2.11 bits per heavy atom. The molecule has 5 nitrogen and oxygen atoms in total. The first-order valence-corrected chi connectivity index (χ1v) is 6.02.